The van der Waals surface area contributed by atoms with Crippen molar-refractivity contribution >= 4 is 30.7 Å². The zero-order valence-electron chi connectivity index (χ0n) is 15.3. The summed E-state index contributed by atoms with van der Waals surface area (Å²) < 4.78 is 0. The Morgan fingerprint density at radius 1 is 1.08 bits per heavy atom. The van der Waals surface area contributed by atoms with Crippen LogP contribution in [0.4, 0.5) is 0 Å². The Bertz CT molecular complexity index is 477. The molecule has 1 aromatic rings. The third-order valence-corrected chi connectivity index (χ3v) is 4.42. The van der Waals surface area contributed by atoms with E-state index >= 15 is 0 Å². The fourth-order valence-electron chi connectivity index (χ4n) is 3.11. The number of amides is 1. The van der Waals surface area contributed by atoms with Crippen LogP contribution in [0, 0.1) is 0 Å². The molecule has 0 radical (unpaired) electrons. The highest BCUT2D eigenvalue weighted by Gasteiger charge is 2.09. The van der Waals surface area contributed by atoms with Crippen molar-refractivity contribution in [2.24, 2.45) is 0 Å². The predicted octanol–water partition coefficient (Wildman–Crippen LogP) is 3.52. The molecule has 0 unspecified atom stereocenters. The Kier molecular flexibility index (Phi) is 13.9. The fraction of sp³-hybridized carbons (Fsp3) is 0.632. The topological polar surface area (TPSA) is 44.4 Å². The lowest BCUT2D eigenvalue weighted by Crippen LogP contribution is -2.25. The van der Waals surface area contributed by atoms with Crippen molar-refractivity contribution in [2.75, 3.05) is 26.7 Å². The van der Waals surface area contributed by atoms with Crippen LogP contribution in [0.1, 0.15) is 49.7 Å². The first kappa shape index (κ1) is 24.2. The van der Waals surface area contributed by atoms with Gasteiger partial charge in [-0.1, -0.05) is 37.1 Å². The first-order chi connectivity index (χ1) is 11.3. The van der Waals surface area contributed by atoms with Gasteiger partial charge in [0.1, 0.15) is 0 Å². The second-order valence-corrected chi connectivity index (χ2v) is 6.49. The van der Waals surface area contributed by atoms with Gasteiger partial charge >= 0.3 is 0 Å². The summed E-state index contributed by atoms with van der Waals surface area (Å²) in [5.74, 6) is 0.137. The van der Waals surface area contributed by atoms with Gasteiger partial charge in [-0.05, 0) is 57.1 Å². The molecule has 0 aliphatic carbocycles. The number of hydrogen-bond donors (Lipinski definition) is 2. The summed E-state index contributed by atoms with van der Waals surface area (Å²) in [6, 6.07) is 8.64. The number of hydrogen-bond acceptors (Lipinski definition) is 3. The van der Waals surface area contributed by atoms with Crippen LogP contribution >= 0.6 is 24.8 Å². The Labute approximate surface area is 164 Å². The summed E-state index contributed by atoms with van der Waals surface area (Å²) in [6.45, 7) is 4.98. The minimum absolute atomic E-state index is 0. The minimum atomic E-state index is 0. The van der Waals surface area contributed by atoms with Gasteiger partial charge in [-0.2, -0.15) is 0 Å². The summed E-state index contributed by atoms with van der Waals surface area (Å²) in [6.07, 6.45) is 6.86. The molecule has 0 saturated carbocycles. The van der Waals surface area contributed by atoms with E-state index in [4.69, 9.17) is 0 Å². The SMILES string of the molecule is CNCCCC(=O)NCc1cccc(CN2CCCCCC2)c1.Cl.Cl. The minimum Gasteiger partial charge on any atom is -0.352 e. The predicted molar refractivity (Wildman–Crippen MR) is 110 cm³/mol. The summed E-state index contributed by atoms with van der Waals surface area (Å²) in [5, 5.41) is 6.08. The summed E-state index contributed by atoms with van der Waals surface area (Å²) >= 11 is 0. The van der Waals surface area contributed by atoms with Crippen molar-refractivity contribution in [3.8, 4) is 0 Å². The third-order valence-electron chi connectivity index (χ3n) is 4.42. The molecule has 2 rings (SSSR count). The maximum atomic E-state index is 11.8. The molecular weight excluding hydrogens is 357 g/mol. The van der Waals surface area contributed by atoms with E-state index in [1.165, 1.54) is 49.9 Å². The van der Waals surface area contributed by atoms with Crippen molar-refractivity contribution in [1.29, 1.82) is 0 Å². The molecule has 1 fully saturated rings. The molecule has 0 aromatic heterocycles. The van der Waals surface area contributed by atoms with E-state index in [9.17, 15) is 4.79 Å². The number of rotatable bonds is 8. The van der Waals surface area contributed by atoms with Crippen LogP contribution < -0.4 is 10.6 Å². The van der Waals surface area contributed by atoms with E-state index in [0.29, 0.717) is 13.0 Å². The van der Waals surface area contributed by atoms with E-state index < -0.39 is 0 Å². The summed E-state index contributed by atoms with van der Waals surface area (Å²) in [5.41, 5.74) is 2.55. The molecule has 1 aromatic carbocycles. The van der Waals surface area contributed by atoms with Crippen LogP contribution in [-0.4, -0.2) is 37.5 Å². The number of carbonyl (C=O) groups excluding carboxylic acids is 1. The zero-order chi connectivity index (χ0) is 16.3. The number of likely N-dealkylation sites (tertiary alicyclic amines) is 1. The Hall–Kier alpha value is -0.810. The third kappa shape index (κ3) is 10.0. The number of nitrogens with one attached hydrogen (secondary N) is 2. The van der Waals surface area contributed by atoms with Gasteiger partial charge in [0.25, 0.3) is 0 Å². The lowest BCUT2D eigenvalue weighted by Gasteiger charge is -2.20. The van der Waals surface area contributed by atoms with Gasteiger partial charge < -0.3 is 10.6 Å². The maximum absolute atomic E-state index is 11.8. The highest BCUT2D eigenvalue weighted by atomic mass is 35.5. The van der Waals surface area contributed by atoms with Crippen molar-refractivity contribution in [1.82, 2.24) is 15.5 Å². The van der Waals surface area contributed by atoms with Crippen molar-refractivity contribution in [3.05, 3.63) is 35.4 Å². The molecule has 1 aliphatic rings. The first-order valence-electron chi connectivity index (χ1n) is 8.99. The second kappa shape index (κ2) is 14.4. The molecule has 1 aliphatic heterocycles. The normalized spacial score (nSPS) is 14.8. The molecule has 1 heterocycles. The van der Waals surface area contributed by atoms with Gasteiger partial charge in [-0.15, -0.1) is 24.8 Å². The number of carbonyl (C=O) groups is 1. The van der Waals surface area contributed by atoms with E-state index in [1.807, 2.05) is 7.05 Å². The smallest absolute Gasteiger partial charge is 0.220 e. The molecule has 0 spiro atoms. The van der Waals surface area contributed by atoms with Crippen molar-refractivity contribution < 1.29 is 4.79 Å². The van der Waals surface area contributed by atoms with E-state index in [-0.39, 0.29) is 30.7 Å². The molecule has 0 atom stereocenters. The van der Waals surface area contributed by atoms with Crippen LogP contribution in [0.25, 0.3) is 0 Å². The van der Waals surface area contributed by atoms with E-state index in [2.05, 4.69) is 39.8 Å². The van der Waals surface area contributed by atoms with Crippen LogP contribution in [-0.2, 0) is 17.9 Å². The molecule has 25 heavy (non-hydrogen) atoms. The summed E-state index contributed by atoms with van der Waals surface area (Å²) in [4.78, 5) is 14.3. The maximum Gasteiger partial charge on any atom is 0.220 e. The Morgan fingerprint density at radius 2 is 1.76 bits per heavy atom. The highest BCUT2D eigenvalue weighted by Crippen LogP contribution is 2.14. The van der Waals surface area contributed by atoms with E-state index in [1.54, 1.807) is 0 Å². The highest BCUT2D eigenvalue weighted by molar-refractivity contribution is 5.85. The molecule has 0 bridgehead atoms. The Morgan fingerprint density at radius 3 is 2.44 bits per heavy atom. The zero-order valence-corrected chi connectivity index (χ0v) is 16.9. The molecule has 6 heteroatoms. The average Bonchev–Trinajstić information content (AvgIpc) is 2.82. The van der Waals surface area contributed by atoms with Crippen LogP contribution in [0.3, 0.4) is 0 Å². The van der Waals surface area contributed by atoms with Crippen LogP contribution in [0.15, 0.2) is 24.3 Å². The first-order valence-corrected chi connectivity index (χ1v) is 8.99. The van der Waals surface area contributed by atoms with Gasteiger partial charge in [0.05, 0.1) is 0 Å². The quantitative estimate of drug-likeness (QED) is 0.668. The summed E-state index contributed by atoms with van der Waals surface area (Å²) in [7, 11) is 1.91. The Balaban J connectivity index is 0.00000288. The van der Waals surface area contributed by atoms with Gasteiger partial charge in [-0.25, -0.2) is 0 Å². The van der Waals surface area contributed by atoms with Gasteiger partial charge in [0.2, 0.25) is 5.91 Å². The lowest BCUT2D eigenvalue weighted by molar-refractivity contribution is -0.121. The van der Waals surface area contributed by atoms with Crippen LogP contribution in [0.2, 0.25) is 0 Å². The van der Waals surface area contributed by atoms with Crippen LogP contribution in [0.5, 0.6) is 0 Å². The molecule has 1 saturated heterocycles. The monoisotopic (exact) mass is 389 g/mol. The largest absolute Gasteiger partial charge is 0.352 e. The molecule has 144 valence electrons. The molecular formula is C19H33Cl2N3O. The second-order valence-electron chi connectivity index (χ2n) is 6.49. The van der Waals surface area contributed by atoms with E-state index in [0.717, 1.165) is 19.5 Å². The molecule has 2 N–H and O–H groups in total. The number of nitrogens with zero attached hydrogens (tertiary/aromatic N) is 1. The lowest BCUT2D eigenvalue weighted by atomic mass is 10.1. The van der Waals surface area contributed by atoms with Crippen molar-refractivity contribution in [3.63, 3.8) is 0 Å². The van der Waals surface area contributed by atoms with Gasteiger partial charge in [0.15, 0.2) is 0 Å². The average molecular weight is 390 g/mol. The number of benzene rings is 1. The molecule has 4 nitrogen and oxygen atoms in total. The number of halogens is 2. The van der Waals surface area contributed by atoms with Crippen molar-refractivity contribution in [2.45, 2.75) is 51.6 Å². The standard InChI is InChI=1S/C19H31N3O.2ClH/c1-20-11-7-10-19(23)21-15-17-8-6-9-18(14-17)16-22-12-4-2-3-5-13-22;;/h6,8-9,14,20H,2-5,7,10-13,15-16H2,1H3,(H,21,23);2*1H. The fourth-order valence-corrected chi connectivity index (χ4v) is 3.11. The van der Waals surface area contributed by atoms with Gasteiger partial charge in [-0.3, -0.25) is 9.69 Å². The molecule has 1 amide bonds. The van der Waals surface area contributed by atoms with Gasteiger partial charge in [0, 0.05) is 19.5 Å².